The van der Waals surface area contributed by atoms with Crippen molar-refractivity contribution in [3.63, 3.8) is 0 Å². The summed E-state index contributed by atoms with van der Waals surface area (Å²) in [7, 11) is 0. The lowest BCUT2D eigenvalue weighted by Gasteiger charge is -2.19. The van der Waals surface area contributed by atoms with E-state index in [2.05, 4.69) is 15.3 Å². The molecule has 0 spiro atoms. The molecular formula is C16H12ClF2N5O2S. The normalized spacial score (nSPS) is 18.1. The van der Waals surface area contributed by atoms with Crippen LogP contribution in [0.1, 0.15) is 16.1 Å². The first kappa shape index (κ1) is 19.1. The molecule has 0 saturated carbocycles. The van der Waals surface area contributed by atoms with Gasteiger partial charge < -0.3 is 10.2 Å². The second-order valence-corrected chi connectivity index (χ2v) is 7.17. The van der Waals surface area contributed by atoms with Crippen molar-refractivity contribution in [2.75, 3.05) is 13.1 Å². The second kappa shape index (κ2) is 7.54. The molecule has 0 radical (unpaired) electrons. The first-order chi connectivity index (χ1) is 12.8. The van der Waals surface area contributed by atoms with Crippen LogP contribution in [0.15, 0.2) is 24.5 Å². The molecule has 1 aliphatic rings. The summed E-state index contributed by atoms with van der Waals surface area (Å²) in [5.74, 6) is -4.42. The molecule has 2 aromatic heterocycles. The van der Waals surface area contributed by atoms with Crippen LogP contribution in [0, 0.1) is 11.3 Å². The molecule has 7 nitrogen and oxygen atoms in total. The van der Waals surface area contributed by atoms with Gasteiger partial charge in [0.15, 0.2) is 0 Å². The highest BCUT2D eigenvalue weighted by molar-refractivity contribution is 7.17. The van der Waals surface area contributed by atoms with E-state index in [0.29, 0.717) is 10.6 Å². The Bertz CT molecular complexity index is 930. The van der Waals surface area contributed by atoms with Gasteiger partial charge in [0.25, 0.3) is 11.8 Å². The van der Waals surface area contributed by atoms with Gasteiger partial charge in [0.1, 0.15) is 21.1 Å². The predicted octanol–water partition coefficient (Wildman–Crippen LogP) is 2.35. The quantitative estimate of drug-likeness (QED) is 0.778. The molecule has 27 heavy (non-hydrogen) atoms. The number of aromatic nitrogens is 2. The van der Waals surface area contributed by atoms with Crippen LogP contribution in [0.2, 0.25) is 5.15 Å². The Balaban J connectivity index is 1.63. The van der Waals surface area contributed by atoms with E-state index in [1.165, 1.54) is 12.4 Å². The standard InChI is InChI=1S/C16H12ClF2N5O2S/c17-13-10(2-1-3-21-13)15-23-6-11(27-15)14(26)22-7-12(25)24-8-16(18,19)4-9(24)5-20/h1-3,6,9H,4,7-8H2,(H,22,26)/t9-/m0/s1. The fourth-order valence-electron chi connectivity index (χ4n) is 2.59. The van der Waals surface area contributed by atoms with Crippen LogP contribution in [0.4, 0.5) is 8.78 Å². The predicted molar refractivity (Wildman–Crippen MR) is 93.4 cm³/mol. The zero-order chi connectivity index (χ0) is 19.6. The van der Waals surface area contributed by atoms with Gasteiger partial charge in [-0.05, 0) is 12.1 Å². The first-order valence-corrected chi connectivity index (χ1v) is 8.92. The largest absolute Gasteiger partial charge is 0.342 e. The molecule has 1 atom stereocenters. The van der Waals surface area contributed by atoms with Crippen molar-refractivity contribution >= 4 is 34.8 Å². The highest BCUT2D eigenvalue weighted by Crippen LogP contribution is 2.32. The number of likely N-dealkylation sites (tertiary alicyclic amines) is 1. The molecule has 2 aromatic rings. The van der Waals surface area contributed by atoms with E-state index in [-0.39, 0.29) is 10.0 Å². The maximum absolute atomic E-state index is 13.4. The van der Waals surface area contributed by atoms with Crippen LogP contribution >= 0.6 is 22.9 Å². The number of hydrogen-bond donors (Lipinski definition) is 1. The molecule has 0 aliphatic carbocycles. The number of nitriles is 1. The average Bonchev–Trinajstić information content (AvgIpc) is 3.24. The fourth-order valence-corrected chi connectivity index (χ4v) is 3.71. The van der Waals surface area contributed by atoms with Crippen LogP contribution in [0.5, 0.6) is 0 Å². The number of nitrogens with zero attached hydrogens (tertiary/aromatic N) is 4. The number of amides is 2. The van der Waals surface area contributed by atoms with E-state index in [1.807, 2.05) is 0 Å². The Hall–Kier alpha value is -2.64. The molecule has 0 unspecified atom stereocenters. The lowest BCUT2D eigenvalue weighted by Crippen LogP contribution is -2.42. The van der Waals surface area contributed by atoms with Crippen molar-refractivity contribution in [2.24, 2.45) is 0 Å². The van der Waals surface area contributed by atoms with Crippen molar-refractivity contribution in [1.29, 1.82) is 5.26 Å². The summed E-state index contributed by atoms with van der Waals surface area (Å²) in [6.07, 6.45) is 2.15. The monoisotopic (exact) mass is 411 g/mol. The minimum atomic E-state index is -3.10. The van der Waals surface area contributed by atoms with Crippen molar-refractivity contribution < 1.29 is 18.4 Å². The number of hydrogen-bond acceptors (Lipinski definition) is 6. The molecule has 1 N–H and O–H groups in total. The summed E-state index contributed by atoms with van der Waals surface area (Å²) >= 11 is 7.04. The number of thiazole rings is 1. The summed E-state index contributed by atoms with van der Waals surface area (Å²) in [5, 5.41) is 12.0. The molecule has 0 bridgehead atoms. The van der Waals surface area contributed by atoms with Crippen molar-refractivity contribution in [3.05, 3.63) is 34.6 Å². The molecule has 2 amide bonds. The van der Waals surface area contributed by atoms with Crippen LogP contribution in [-0.2, 0) is 4.79 Å². The summed E-state index contributed by atoms with van der Waals surface area (Å²) in [6, 6.07) is 3.86. The maximum Gasteiger partial charge on any atom is 0.268 e. The molecule has 1 aliphatic heterocycles. The number of nitrogens with one attached hydrogen (secondary N) is 1. The number of carbonyl (C=O) groups is 2. The van der Waals surface area contributed by atoms with Gasteiger partial charge in [-0.1, -0.05) is 11.6 Å². The molecule has 1 fully saturated rings. The van der Waals surface area contributed by atoms with Gasteiger partial charge in [-0.25, -0.2) is 18.7 Å². The van der Waals surface area contributed by atoms with Crippen molar-refractivity contribution in [2.45, 2.75) is 18.4 Å². The fraction of sp³-hybridized carbons (Fsp3) is 0.312. The molecule has 1 saturated heterocycles. The molecule has 0 aromatic carbocycles. The third-order valence-electron chi connectivity index (χ3n) is 3.86. The number of pyridine rings is 1. The van der Waals surface area contributed by atoms with E-state index in [4.69, 9.17) is 16.9 Å². The van der Waals surface area contributed by atoms with Crippen LogP contribution in [0.3, 0.4) is 0 Å². The van der Waals surface area contributed by atoms with Gasteiger partial charge in [0.05, 0.1) is 25.4 Å². The Kier molecular flexibility index (Phi) is 5.34. The Morgan fingerprint density at radius 3 is 2.96 bits per heavy atom. The lowest BCUT2D eigenvalue weighted by atomic mass is 10.2. The van der Waals surface area contributed by atoms with E-state index in [0.717, 1.165) is 16.2 Å². The summed E-state index contributed by atoms with van der Waals surface area (Å²) in [5.41, 5.74) is 0.565. The molecule has 11 heteroatoms. The maximum atomic E-state index is 13.4. The van der Waals surface area contributed by atoms with Gasteiger partial charge in [-0.15, -0.1) is 11.3 Å². The number of rotatable bonds is 4. The van der Waals surface area contributed by atoms with E-state index in [9.17, 15) is 18.4 Å². The third-order valence-corrected chi connectivity index (χ3v) is 5.19. The highest BCUT2D eigenvalue weighted by Gasteiger charge is 2.47. The Labute approximate surface area is 161 Å². The van der Waals surface area contributed by atoms with Gasteiger partial charge in [0.2, 0.25) is 5.91 Å². The smallest absolute Gasteiger partial charge is 0.268 e. The van der Waals surface area contributed by atoms with E-state index in [1.54, 1.807) is 18.2 Å². The molecular weight excluding hydrogens is 400 g/mol. The summed E-state index contributed by atoms with van der Waals surface area (Å²) in [6.45, 7) is -1.32. The minimum Gasteiger partial charge on any atom is -0.342 e. The number of halogens is 3. The molecule has 140 valence electrons. The lowest BCUT2D eigenvalue weighted by molar-refractivity contribution is -0.131. The van der Waals surface area contributed by atoms with Gasteiger partial charge in [0, 0.05) is 18.2 Å². The summed E-state index contributed by atoms with van der Waals surface area (Å²) in [4.78, 5) is 33.4. The Morgan fingerprint density at radius 1 is 1.48 bits per heavy atom. The SMILES string of the molecule is N#C[C@@H]1CC(F)(F)CN1C(=O)CNC(=O)c1cnc(-c2cccnc2Cl)s1. The van der Waals surface area contributed by atoms with E-state index >= 15 is 0 Å². The van der Waals surface area contributed by atoms with E-state index < -0.39 is 43.3 Å². The highest BCUT2D eigenvalue weighted by atomic mass is 35.5. The number of alkyl halides is 2. The minimum absolute atomic E-state index is 0.223. The topological polar surface area (TPSA) is 99.0 Å². The van der Waals surface area contributed by atoms with Crippen molar-refractivity contribution in [3.8, 4) is 16.6 Å². The first-order valence-electron chi connectivity index (χ1n) is 7.72. The molecule has 3 rings (SSSR count). The summed E-state index contributed by atoms with van der Waals surface area (Å²) < 4.78 is 26.8. The van der Waals surface area contributed by atoms with Gasteiger partial charge in [-0.2, -0.15) is 5.26 Å². The zero-order valence-corrected chi connectivity index (χ0v) is 15.2. The second-order valence-electron chi connectivity index (χ2n) is 5.78. The van der Waals surface area contributed by atoms with Crippen LogP contribution in [-0.4, -0.2) is 51.7 Å². The number of carbonyl (C=O) groups excluding carboxylic acids is 2. The van der Waals surface area contributed by atoms with Gasteiger partial charge in [-0.3, -0.25) is 9.59 Å². The van der Waals surface area contributed by atoms with Crippen LogP contribution < -0.4 is 5.32 Å². The van der Waals surface area contributed by atoms with Crippen LogP contribution in [0.25, 0.3) is 10.6 Å². The third kappa shape index (κ3) is 4.20. The van der Waals surface area contributed by atoms with Crippen molar-refractivity contribution in [1.82, 2.24) is 20.2 Å². The van der Waals surface area contributed by atoms with Gasteiger partial charge >= 0.3 is 0 Å². The molecule has 3 heterocycles. The zero-order valence-electron chi connectivity index (χ0n) is 13.7. The Morgan fingerprint density at radius 2 is 2.26 bits per heavy atom. The average molecular weight is 412 g/mol.